The third-order valence-corrected chi connectivity index (χ3v) is 5.00. The van der Waals surface area contributed by atoms with Crippen LogP contribution in [0.1, 0.15) is 55.4 Å². The van der Waals surface area contributed by atoms with Gasteiger partial charge in [0, 0.05) is 23.3 Å². The highest BCUT2D eigenvalue weighted by molar-refractivity contribution is 5.91. The predicted octanol–water partition coefficient (Wildman–Crippen LogP) is 3.94. The zero-order valence-electron chi connectivity index (χ0n) is 17.6. The normalized spacial score (nSPS) is 26.4. The number of likely N-dealkylation sites (N-methyl/N-ethyl adjacent to an activating group) is 1. The third kappa shape index (κ3) is 5.09. The van der Waals surface area contributed by atoms with E-state index in [1.165, 1.54) is 0 Å². The van der Waals surface area contributed by atoms with Crippen LogP contribution in [0.15, 0.2) is 5.16 Å². The van der Waals surface area contributed by atoms with Crippen molar-refractivity contribution >= 4 is 11.9 Å². The first kappa shape index (κ1) is 21.7. The Morgan fingerprint density at radius 3 is 2.28 bits per heavy atom. The summed E-state index contributed by atoms with van der Waals surface area (Å²) in [4.78, 5) is 19.5. The van der Waals surface area contributed by atoms with Gasteiger partial charge in [-0.2, -0.15) is 0 Å². The quantitative estimate of drug-likeness (QED) is 0.312. The molecule has 0 spiro atoms. The van der Waals surface area contributed by atoms with E-state index < -0.39 is 17.9 Å². The number of cyclic esters (lactones) is 2. The van der Waals surface area contributed by atoms with Crippen molar-refractivity contribution in [3.8, 4) is 0 Å². The second kappa shape index (κ2) is 7.52. The van der Waals surface area contributed by atoms with Crippen LogP contribution < -0.4 is 0 Å². The van der Waals surface area contributed by atoms with Crippen LogP contribution in [0.4, 0.5) is 4.79 Å². The average molecular weight is 357 g/mol. The Balaban J connectivity index is 3.10. The van der Waals surface area contributed by atoms with E-state index >= 15 is 0 Å². The first-order valence-corrected chi connectivity index (χ1v) is 8.95. The molecule has 0 aromatic rings. The summed E-state index contributed by atoms with van der Waals surface area (Å²) >= 11 is 0. The highest BCUT2D eigenvalue weighted by Gasteiger charge is 2.58. The molecule has 0 N–H and O–H groups in total. The molecule has 0 bridgehead atoms. The standard InChI is InChI=1S/C19H36N2O4/c1-13(14(17(2,3)4)20-23-12-11-21(9)10)15-19(8,18(5,6)7)25-16(22)24-15/h13,15H,11-12H2,1-10H3/t13-,15+,19-/m0/s1. The minimum atomic E-state index is -0.737. The topological polar surface area (TPSA) is 60.4 Å². The molecule has 1 rings (SSSR count). The SMILES string of the molecule is C[C@@H](C(=NOCCN(C)C)C(C)(C)C)[C@H]1OC(=O)O[C@]1(C)C(C)(C)C. The third-order valence-electron chi connectivity index (χ3n) is 5.00. The Labute approximate surface area is 152 Å². The van der Waals surface area contributed by atoms with Crippen molar-refractivity contribution in [3.63, 3.8) is 0 Å². The molecule has 0 radical (unpaired) electrons. The Morgan fingerprint density at radius 1 is 1.28 bits per heavy atom. The van der Waals surface area contributed by atoms with Crippen LogP contribution in [0.3, 0.4) is 0 Å². The fourth-order valence-corrected chi connectivity index (χ4v) is 3.02. The first-order valence-electron chi connectivity index (χ1n) is 8.95. The Hall–Kier alpha value is -1.30. The van der Waals surface area contributed by atoms with Crippen molar-refractivity contribution in [2.45, 2.75) is 67.1 Å². The molecule has 1 aliphatic heterocycles. The van der Waals surface area contributed by atoms with Crippen molar-refractivity contribution in [1.29, 1.82) is 0 Å². The Bertz CT molecular complexity index is 503. The fraction of sp³-hybridized carbons (Fsp3) is 0.895. The van der Waals surface area contributed by atoms with Crippen LogP contribution in [0.2, 0.25) is 0 Å². The van der Waals surface area contributed by atoms with Crippen molar-refractivity contribution in [3.05, 3.63) is 0 Å². The van der Waals surface area contributed by atoms with Gasteiger partial charge >= 0.3 is 6.16 Å². The van der Waals surface area contributed by atoms with Gasteiger partial charge in [0.15, 0.2) is 11.7 Å². The molecule has 3 atom stereocenters. The van der Waals surface area contributed by atoms with Gasteiger partial charge in [-0.25, -0.2) is 4.79 Å². The lowest BCUT2D eigenvalue weighted by Crippen LogP contribution is -2.53. The van der Waals surface area contributed by atoms with Crippen molar-refractivity contribution < 1.29 is 19.1 Å². The van der Waals surface area contributed by atoms with Crippen molar-refractivity contribution in [2.75, 3.05) is 27.2 Å². The summed E-state index contributed by atoms with van der Waals surface area (Å²) in [5.74, 6) is -0.130. The number of carbonyl (C=O) groups excluding carboxylic acids is 1. The minimum absolute atomic E-state index is 0.130. The average Bonchev–Trinajstić information content (AvgIpc) is 2.72. The number of ether oxygens (including phenoxy) is 2. The van der Waals surface area contributed by atoms with Crippen LogP contribution in [0, 0.1) is 16.7 Å². The van der Waals surface area contributed by atoms with E-state index in [4.69, 9.17) is 14.3 Å². The van der Waals surface area contributed by atoms with Crippen molar-refractivity contribution in [2.24, 2.45) is 21.9 Å². The molecular formula is C19H36N2O4. The summed E-state index contributed by atoms with van der Waals surface area (Å²) in [6, 6.07) is 0. The summed E-state index contributed by atoms with van der Waals surface area (Å²) in [5, 5.41) is 4.43. The van der Waals surface area contributed by atoms with E-state index in [1.54, 1.807) is 0 Å². The highest BCUT2D eigenvalue weighted by atomic mass is 16.8. The molecule has 1 heterocycles. The number of nitrogens with zero attached hydrogens (tertiary/aromatic N) is 2. The molecule has 0 saturated carbocycles. The molecular weight excluding hydrogens is 320 g/mol. The van der Waals surface area contributed by atoms with E-state index in [0.717, 1.165) is 12.3 Å². The van der Waals surface area contributed by atoms with Crippen LogP contribution >= 0.6 is 0 Å². The molecule has 0 amide bonds. The smallest absolute Gasteiger partial charge is 0.426 e. The van der Waals surface area contributed by atoms with Gasteiger partial charge in [-0.1, -0.05) is 53.6 Å². The fourth-order valence-electron chi connectivity index (χ4n) is 3.02. The van der Waals surface area contributed by atoms with Gasteiger partial charge in [0.25, 0.3) is 0 Å². The van der Waals surface area contributed by atoms with Crippen LogP contribution in [0.25, 0.3) is 0 Å². The van der Waals surface area contributed by atoms with Crippen molar-refractivity contribution in [1.82, 2.24) is 4.90 Å². The first-order chi connectivity index (χ1) is 11.2. The maximum absolute atomic E-state index is 11.9. The zero-order chi connectivity index (χ0) is 19.6. The summed E-state index contributed by atoms with van der Waals surface area (Å²) in [6.07, 6.45) is -1.04. The second-order valence-corrected chi connectivity index (χ2v) is 9.40. The van der Waals surface area contributed by atoms with Crippen LogP contribution in [-0.4, -0.2) is 55.7 Å². The number of hydrogen-bond donors (Lipinski definition) is 0. The molecule has 1 fully saturated rings. The minimum Gasteiger partial charge on any atom is -0.426 e. The van der Waals surface area contributed by atoms with Gasteiger partial charge in [0.05, 0.1) is 5.71 Å². The lowest BCUT2D eigenvalue weighted by atomic mass is 9.68. The summed E-state index contributed by atoms with van der Waals surface area (Å²) in [6.45, 7) is 17.7. The molecule has 146 valence electrons. The lowest BCUT2D eigenvalue weighted by molar-refractivity contribution is -0.0562. The number of hydrogen-bond acceptors (Lipinski definition) is 6. The Morgan fingerprint density at radius 2 is 1.84 bits per heavy atom. The van der Waals surface area contributed by atoms with Gasteiger partial charge in [-0.15, -0.1) is 0 Å². The number of oxime groups is 1. The van der Waals surface area contributed by atoms with Gasteiger partial charge in [0.2, 0.25) is 0 Å². The van der Waals surface area contributed by atoms with E-state index in [9.17, 15) is 4.79 Å². The maximum Gasteiger partial charge on any atom is 0.509 e. The highest BCUT2D eigenvalue weighted by Crippen LogP contribution is 2.45. The molecule has 25 heavy (non-hydrogen) atoms. The van der Waals surface area contributed by atoms with Crippen LogP contribution in [0.5, 0.6) is 0 Å². The van der Waals surface area contributed by atoms with Gasteiger partial charge in [-0.05, 0) is 21.0 Å². The summed E-state index contributed by atoms with van der Waals surface area (Å²) < 4.78 is 11.2. The number of carbonyl (C=O) groups is 1. The van der Waals surface area contributed by atoms with Crippen LogP contribution in [-0.2, 0) is 14.3 Å². The van der Waals surface area contributed by atoms with Gasteiger partial charge in [0.1, 0.15) is 6.61 Å². The maximum atomic E-state index is 11.9. The second-order valence-electron chi connectivity index (χ2n) is 9.40. The van der Waals surface area contributed by atoms with Gasteiger partial charge < -0.3 is 19.2 Å². The lowest BCUT2D eigenvalue weighted by Gasteiger charge is -2.42. The Kier molecular flexibility index (Phi) is 6.54. The molecule has 1 aliphatic rings. The van der Waals surface area contributed by atoms with E-state index in [-0.39, 0.29) is 16.7 Å². The molecule has 0 aromatic carbocycles. The molecule has 1 saturated heterocycles. The molecule has 6 nitrogen and oxygen atoms in total. The van der Waals surface area contributed by atoms with E-state index in [1.807, 2.05) is 32.8 Å². The summed E-state index contributed by atoms with van der Waals surface area (Å²) in [7, 11) is 3.98. The van der Waals surface area contributed by atoms with E-state index in [2.05, 4.69) is 46.7 Å². The molecule has 6 heteroatoms. The molecule has 0 aromatic heterocycles. The molecule has 0 unspecified atom stereocenters. The summed E-state index contributed by atoms with van der Waals surface area (Å²) in [5.41, 5.74) is -0.359. The van der Waals surface area contributed by atoms with E-state index in [0.29, 0.717) is 6.61 Å². The predicted molar refractivity (Wildman–Crippen MR) is 99.8 cm³/mol. The monoisotopic (exact) mass is 356 g/mol. The van der Waals surface area contributed by atoms with Gasteiger partial charge in [-0.3, -0.25) is 0 Å². The number of rotatable bonds is 6. The largest absolute Gasteiger partial charge is 0.509 e. The molecule has 0 aliphatic carbocycles. The zero-order valence-corrected chi connectivity index (χ0v) is 17.6.